The number of rotatable bonds is 2. The van der Waals surface area contributed by atoms with E-state index < -0.39 is 29.8 Å². The number of hydrogen-bond acceptors (Lipinski definition) is 6. The normalized spacial score (nSPS) is 32.0. The Hall–Kier alpha value is -1.63. The summed E-state index contributed by atoms with van der Waals surface area (Å²) in [6.45, 7) is 6.95. The van der Waals surface area contributed by atoms with Gasteiger partial charge < -0.3 is 14.2 Å². The molecule has 0 unspecified atom stereocenters. The van der Waals surface area contributed by atoms with Crippen LogP contribution in [0.15, 0.2) is 0 Å². The standard InChI is InChI=1S/C14H21NO6/c1-8(16)21-9-6-10(17)15-11(13(2,3)4)20-7-14(9,15)12(18)19-5/h9,11H,6-7H2,1-5H3/t9-,11+,14+/m0/s1. The highest BCUT2D eigenvalue weighted by Crippen LogP contribution is 2.45. The molecule has 0 aromatic heterocycles. The van der Waals surface area contributed by atoms with Crippen molar-refractivity contribution >= 4 is 17.8 Å². The molecule has 7 nitrogen and oxygen atoms in total. The van der Waals surface area contributed by atoms with Crippen molar-refractivity contribution in [1.82, 2.24) is 4.90 Å². The lowest BCUT2D eigenvalue weighted by molar-refractivity contribution is -0.167. The molecule has 0 bridgehead atoms. The molecule has 2 aliphatic rings. The summed E-state index contributed by atoms with van der Waals surface area (Å²) in [6.07, 6.45) is -1.49. The Morgan fingerprint density at radius 1 is 1.38 bits per heavy atom. The lowest BCUT2D eigenvalue weighted by Crippen LogP contribution is -2.59. The first kappa shape index (κ1) is 15.8. The number of esters is 2. The van der Waals surface area contributed by atoms with Gasteiger partial charge in [-0.2, -0.15) is 0 Å². The minimum absolute atomic E-state index is 0.0364. The second-order valence-corrected chi connectivity index (χ2v) is 6.51. The van der Waals surface area contributed by atoms with Gasteiger partial charge in [0.15, 0.2) is 0 Å². The average Bonchev–Trinajstić information content (AvgIpc) is 2.86. The maximum absolute atomic E-state index is 12.4. The van der Waals surface area contributed by atoms with Crippen LogP contribution in [0.2, 0.25) is 0 Å². The second-order valence-electron chi connectivity index (χ2n) is 6.51. The Kier molecular flexibility index (Phi) is 3.73. The Morgan fingerprint density at radius 3 is 2.48 bits per heavy atom. The molecule has 0 aliphatic carbocycles. The first-order valence-electron chi connectivity index (χ1n) is 6.84. The highest BCUT2D eigenvalue weighted by atomic mass is 16.6. The molecule has 3 atom stereocenters. The van der Waals surface area contributed by atoms with Gasteiger partial charge in [0.05, 0.1) is 20.1 Å². The fourth-order valence-electron chi connectivity index (χ4n) is 3.03. The summed E-state index contributed by atoms with van der Waals surface area (Å²) in [5, 5.41) is 0. The van der Waals surface area contributed by atoms with Crippen LogP contribution >= 0.6 is 0 Å². The predicted octanol–water partition coefficient (Wildman–Crippen LogP) is 0.465. The molecule has 2 heterocycles. The average molecular weight is 299 g/mol. The van der Waals surface area contributed by atoms with E-state index in [0.29, 0.717) is 0 Å². The van der Waals surface area contributed by atoms with Gasteiger partial charge in [0.2, 0.25) is 11.4 Å². The molecule has 21 heavy (non-hydrogen) atoms. The fraction of sp³-hybridized carbons (Fsp3) is 0.786. The molecule has 7 heteroatoms. The van der Waals surface area contributed by atoms with Crippen LogP contribution in [0.4, 0.5) is 0 Å². The summed E-state index contributed by atoms with van der Waals surface area (Å²) < 4.78 is 15.8. The Labute approximate surface area is 123 Å². The summed E-state index contributed by atoms with van der Waals surface area (Å²) in [4.78, 5) is 37.4. The van der Waals surface area contributed by atoms with Gasteiger partial charge in [-0.15, -0.1) is 0 Å². The van der Waals surface area contributed by atoms with Gasteiger partial charge in [0.25, 0.3) is 0 Å². The molecule has 118 valence electrons. The molecule has 2 aliphatic heterocycles. The van der Waals surface area contributed by atoms with E-state index in [1.165, 1.54) is 18.9 Å². The summed E-state index contributed by atoms with van der Waals surface area (Å²) in [5.74, 6) is -1.44. The minimum Gasteiger partial charge on any atom is -0.467 e. The third kappa shape index (κ3) is 2.29. The number of amides is 1. The minimum atomic E-state index is -1.38. The van der Waals surface area contributed by atoms with Crippen molar-refractivity contribution < 1.29 is 28.6 Å². The van der Waals surface area contributed by atoms with Crippen molar-refractivity contribution in [3.05, 3.63) is 0 Å². The highest BCUT2D eigenvalue weighted by Gasteiger charge is 2.68. The van der Waals surface area contributed by atoms with Crippen molar-refractivity contribution in [1.29, 1.82) is 0 Å². The van der Waals surface area contributed by atoms with Crippen molar-refractivity contribution in [3.63, 3.8) is 0 Å². The first-order chi connectivity index (χ1) is 9.64. The summed E-state index contributed by atoms with van der Waals surface area (Å²) in [7, 11) is 1.24. The zero-order valence-corrected chi connectivity index (χ0v) is 13.0. The molecule has 0 spiro atoms. The Balaban J connectivity index is 2.46. The molecule has 0 radical (unpaired) electrons. The molecule has 2 saturated heterocycles. The lowest BCUT2D eigenvalue weighted by Gasteiger charge is -2.37. The van der Waals surface area contributed by atoms with Gasteiger partial charge in [-0.05, 0) is 0 Å². The van der Waals surface area contributed by atoms with Gasteiger partial charge in [0.1, 0.15) is 12.3 Å². The number of hydrogen-bond donors (Lipinski definition) is 0. The zero-order chi connectivity index (χ0) is 16.0. The number of nitrogens with zero attached hydrogens (tertiary/aromatic N) is 1. The molecule has 2 rings (SSSR count). The summed E-state index contributed by atoms with van der Waals surface area (Å²) in [6, 6.07) is 0. The fourth-order valence-corrected chi connectivity index (χ4v) is 3.03. The Bertz CT molecular complexity index is 482. The second kappa shape index (κ2) is 4.98. The third-order valence-electron chi connectivity index (χ3n) is 3.87. The molecule has 0 aromatic carbocycles. The van der Waals surface area contributed by atoms with Gasteiger partial charge in [-0.25, -0.2) is 4.79 Å². The van der Waals surface area contributed by atoms with Crippen molar-refractivity contribution in [2.45, 2.75) is 52.0 Å². The van der Waals surface area contributed by atoms with E-state index in [4.69, 9.17) is 14.2 Å². The van der Waals surface area contributed by atoms with E-state index in [2.05, 4.69) is 0 Å². The number of methoxy groups -OCH3 is 1. The van der Waals surface area contributed by atoms with Crippen molar-refractivity contribution in [2.75, 3.05) is 13.7 Å². The first-order valence-corrected chi connectivity index (χ1v) is 6.84. The maximum atomic E-state index is 12.4. The van der Waals surface area contributed by atoms with Crippen LogP contribution in [0.3, 0.4) is 0 Å². The van der Waals surface area contributed by atoms with Crippen LogP contribution < -0.4 is 0 Å². The molecule has 0 aromatic rings. The van der Waals surface area contributed by atoms with Gasteiger partial charge in [-0.3, -0.25) is 14.5 Å². The molecular weight excluding hydrogens is 278 g/mol. The summed E-state index contributed by atoms with van der Waals surface area (Å²) >= 11 is 0. The van der Waals surface area contributed by atoms with Crippen molar-refractivity contribution in [3.8, 4) is 0 Å². The van der Waals surface area contributed by atoms with Crippen LogP contribution in [0.5, 0.6) is 0 Å². The van der Waals surface area contributed by atoms with E-state index in [9.17, 15) is 14.4 Å². The zero-order valence-electron chi connectivity index (χ0n) is 13.0. The molecule has 0 N–H and O–H groups in total. The molecular formula is C14H21NO6. The quantitative estimate of drug-likeness (QED) is 0.689. The monoisotopic (exact) mass is 299 g/mol. The largest absolute Gasteiger partial charge is 0.467 e. The topological polar surface area (TPSA) is 82.1 Å². The van der Waals surface area contributed by atoms with Crippen LogP contribution in [0.1, 0.15) is 34.1 Å². The number of carbonyl (C=O) groups is 3. The number of carbonyl (C=O) groups excluding carboxylic acids is 3. The van der Waals surface area contributed by atoms with E-state index in [1.807, 2.05) is 20.8 Å². The van der Waals surface area contributed by atoms with Crippen LogP contribution in [0, 0.1) is 5.41 Å². The van der Waals surface area contributed by atoms with Crippen molar-refractivity contribution in [2.24, 2.45) is 5.41 Å². The van der Waals surface area contributed by atoms with E-state index in [0.717, 1.165) is 0 Å². The molecule has 1 amide bonds. The van der Waals surface area contributed by atoms with E-state index in [1.54, 1.807) is 0 Å². The smallest absolute Gasteiger partial charge is 0.338 e. The lowest BCUT2D eigenvalue weighted by atomic mass is 9.90. The van der Waals surface area contributed by atoms with E-state index >= 15 is 0 Å². The number of fused-ring (bicyclic) bond motifs is 1. The van der Waals surface area contributed by atoms with Gasteiger partial charge in [0, 0.05) is 12.3 Å². The molecule has 2 fully saturated rings. The Morgan fingerprint density at radius 2 is 2.00 bits per heavy atom. The van der Waals surface area contributed by atoms with Gasteiger partial charge >= 0.3 is 11.9 Å². The maximum Gasteiger partial charge on any atom is 0.338 e. The van der Waals surface area contributed by atoms with Crippen LogP contribution in [-0.2, 0) is 28.6 Å². The van der Waals surface area contributed by atoms with E-state index in [-0.39, 0.29) is 24.3 Å². The SMILES string of the molecule is COC(=O)[C@]12CO[C@H](C(C)(C)C)N1C(=O)C[C@@H]2OC(C)=O. The number of ether oxygens (including phenoxy) is 3. The van der Waals surface area contributed by atoms with Crippen LogP contribution in [0.25, 0.3) is 0 Å². The summed E-state index contributed by atoms with van der Waals surface area (Å²) in [5.41, 5.74) is -1.76. The van der Waals surface area contributed by atoms with Gasteiger partial charge in [-0.1, -0.05) is 20.8 Å². The highest BCUT2D eigenvalue weighted by molar-refractivity contribution is 5.94. The predicted molar refractivity (Wildman–Crippen MR) is 71.0 cm³/mol. The van der Waals surface area contributed by atoms with Crippen LogP contribution in [-0.4, -0.2) is 54.3 Å². The third-order valence-corrected chi connectivity index (χ3v) is 3.87. The molecule has 0 saturated carbocycles.